The van der Waals surface area contributed by atoms with Crippen molar-refractivity contribution in [1.82, 2.24) is 19.9 Å². The molecule has 0 spiro atoms. The fourth-order valence-electron chi connectivity index (χ4n) is 3.85. The third-order valence-corrected chi connectivity index (χ3v) is 6.88. The molecule has 210 valence electrons. The lowest BCUT2D eigenvalue weighted by Crippen LogP contribution is -2.22. The Morgan fingerprint density at radius 2 is 1.81 bits per heavy atom. The van der Waals surface area contributed by atoms with Crippen LogP contribution in [0.2, 0.25) is 5.02 Å². The quantitative estimate of drug-likeness (QED) is 0.118. The molecule has 1 atom stereocenters. The van der Waals surface area contributed by atoms with Crippen LogP contribution >= 0.6 is 11.6 Å². The molecule has 14 heteroatoms. The number of halogens is 1. The molecule has 0 aliphatic carbocycles. The van der Waals surface area contributed by atoms with Crippen LogP contribution in [-0.4, -0.2) is 36.7 Å². The van der Waals surface area contributed by atoms with Gasteiger partial charge in [-0.15, -0.1) is 0 Å². The molecular formula is C28H22ClN8O4S+. The first-order valence-electron chi connectivity index (χ1n) is 12.3. The zero-order chi connectivity index (χ0) is 29.5. The van der Waals surface area contributed by atoms with E-state index in [4.69, 9.17) is 16.3 Å². The number of rotatable bonds is 9. The largest absolute Gasteiger partial charge is 0.497 e. The number of ether oxygens (including phenoxy) is 1. The fraction of sp³-hybridized carbons (Fsp3) is 0.0714. The van der Waals surface area contributed by atoms with Gasteiger partial charge in [-0.05, 0) is 60.2 Å². The summed E-state index contributed by atoms with van der Waals surface area (Å²) < 4.78 is 29.6. The number of amides is 1. The first-order valence-corrected chi connectivity index (χ1v) is 13.8. The van der Waals surface area contributed by atoms with E-state index in [0.29, 0.717) is 27.5 Å². The van der Waals surface area contributed by atoms with Gasteiger partial charge in [-0.3, -0.25) is 14.3 Å². The minimum absolute atomic E-state index is 0.00648. The predicted octanol–water partition coefficient (Wildman–Crippen LogP) is 6.02. The van der Waals surface area contributed by atoms with Gasteiger partial charge in [0, 0.05) is 18.5 Å². The maximum atomic E-state index is 12.8. The van der Waals surface area contributed by atoms with Crippen LogP contribution in [0.3, 0.4) is 0 Å². The number of anilines is 4. The smallest absolute Gasteiger partial charge is 0.360 e. The number of fused-ring (bicyclic) bond motifs is 1. The van der Waals surface area contributed by atoms with Gasteiger partial charge in [0.15, 0.2) is 11.6 Å². The molecule has 42 heavy (non-hydrogen) atoms. The Morgan fingerprint density at radius 1 is 1.05 bits per heavy atom. The van der Waals surface area contributed by atoms with Crippen molar-refractivity contribution in [3.63, 3.8) is 0 Å². The van der Waals surface area contributed by atoms with Gasteiger partial charge in [-0.1, -0.05) is 29.8 Å². The zero-order valence-corrected chi connectivity index (χ0v) is 23.5. The van der Waals surface area contributed by atoms with Crippen LogP contribution in [0.25, 0.3) is 11.0 Å². The molecule has 0 aliphatic heterocycles. The van der Waals surface area contributed by atoms with Gasteiger partial charge in [0.05, 0.1) is 40.1 Å². The van der Waals surface area contributed by atoms with Gasteiger partial charge in [0.2, 0.25) is 10.0 Å². The summed E-state index contributed by atoms with van der Waals surface area (Å²) >= 11 is 3.79. The van der Waals surface area contributed by atoms with Crippen molar-refractivity contribution < 1.29 is 18.3 Å². The standard InChI is InChI=1S/C28H21ClN8O4S/c1-41-21-9-10-22(29)25(16-21)33-26-27(34-24-8-3-2-7-23(24)32-26)37(42(39)40)20-6-4-5-19(15-20)28(38)35-36-31-17-18-11-13-30-14-12-18/h2-16H,17H2,1H3,(H-,32,33,39,40)/p+1. The van der Waals surface area contributed by atoms with Crippen LogP contribution in [0, 0.1) is 0 Å². The number of aromatic nitrogens is 3. The molecule has 0 aliphatic rings. The number of carbonyl (C=O) groups is 1. The van der Waals surface area contributed by atoms with Crippen molar-refractivity contribution in [2.75, 3.05) is 16.7 Å². The summed E-state index contributed by atoms with van der Waals surface area (Å²) in [6, 6.07) is 21.6. The number of methoxy groups -OCH3 is 1. The first kappa shape index (κ1) is 28.5. The number of hydrogen-bond acceptors (Lipinski definition) is 8. The van der Waals surface area contributed by atoms with Crippen molar-refractivity contribution in [2.45, 2.75) is 6.54 Å². The minimum Gasteiger partial charge on any atom is -0.497 e. The molecule has 1 amide bonds. The predicted molar refractivity (Wildman–Crippen MR) is 159 cm³/mol. The van der Waals surface area contributed by atoms with Crippen LogP contribution in [0.1, 0.15) is 15.9 Å². The van der Waals surface area contributed by atoms with Crippen LogP contribution in [0.15, 0.2) is 101 Å². The molecule has 2 N–H and O–H groups in total. The molecule has 0 bridgehead atoms. The highest BCUT2D eigenvalue weighted by atomic mass is 35.5. The van der Waals surface area contributed by atoms with Crippen LogP contribution < -0.4 is 19.3 Å². The SMILES string of the molecule is COc1ccc(Cl)c(Nc2nc3ccccc3nc2N(c2cccc(C(=O)N=[N+]=NCc3ccncc3)c2)S(=O)O)c1. The number of nitrogens with one attached hydrogen (secondary N) is 1. The molecule has 5 rings (SSSR count). The van der Waals surface area contributed by atoms with Gasteiger partial charge < -0.3 is 10.1 Å². The lowest BCUT2D eigenvalue weighted by molar-refractivity contribution is 0.0992. The average Bonchev–Trinajstić information content (AvgIpc) is 3.01. The number of nitrogens with zero attached hydrogens (tertiary/aromatic N) is 7. The second-order valence-corrected chi connectivity index (χ2v) is 9.81. The number of para-hydroxylation sites is 2. The first-order chi connectivity index (χ1) is 20.4. The Bertz CT molecular complexity index is 1850. The summed E-state index contributed by atoms with van der Waals surface area (Å²) in [6.45, 7) is 0.227. The van der Waals surface area contributed by atoms with E-state index in [1.807, 2.05) is 0 Å². The lowest BCUT2D eigenvalue weighted by atomic mass is 10.2. The normalized spacial score (nSPS) is 11.3. The Balaban J connectivity index is 1.52. The maximum Gasteiger partial charge on any atom is 0.360 e. The summed E-state index contributed by atoms with van der Waals surface area (Å²) in [5, 5.41) is 11.0. The second-order valence-electron chi connectivity index (χ2n) is 8.58. The lowest BCUT2D eigenvalue weighted by Gasteiger charge is -2.22. The number of hydrogen-bond donors (Lipinski definition) is 2. The van der Waals surface area contributed by atoms with Crippen molar-refractivity contribution in [3.8, 4) is 5.75 Å². The summed E-state index contributed by atoms with van der Waals surface area (Å²) in [4.78, 5) is 29.6. The maximum absolute atomic E-state index is 12.8. The van der Waals surface area contributed by atoms with E-state index in [2.05, 4.69) is 35.4 Å². The van der Waals surface area contributed by atoms with Crippen molar-refractivity contribution in [2.24, 2.45) is 10.2 Å². The summed E-state index contributed by atoms with van der Waals surface area (Å²) in [5.41, 5.74) is 2.59. The third kappa shape index (κ3) is 6.62. The second kappa shape index (κ2) is 13.1. The zero-order valence-electron chi connectivity index (χ0n) is 22.0. The molecule has 5 aromatic rings. The number of carbonyl (C=O) groups excluding carboxylic acids is 1. The Morgan fingerprint density at radius 3 is 2.55 bits per heavy atom. The minimum atomic E-state index is -2.63. The monoisotopic (exact) mass is 601 g/mol. The van der Waals surface area contributed by atoms with E-state index in [0.717, 1.165) is 9.87 Å². The van der Waals surface area contributed by atoms with Gasteiger partial charge in [0.25, 0.3) is 11.3 Å². The topological polar surface area (TPSA) is 156 Å². The molecule has 2 heterocycles. The van der Waals surface area contributed by atoms with Crippen molar-refractivity contribution >= 4 is 62.8 Å². The van der Waals surface area contributed by atoms with E-state index < -0.39 is 17.2 Å². The Labute approximate surface area is 247 Å². The average molecular weight is 602 g/mol. The van der Waals surface area contributed by atoms with E-state index in [1.54, 1.807) is 79.1 Å². The van der Waals surface area contributed by atoms with Gasteiger partial charge in [0.1, 0.15) is 17.4 Å². The molecule has 1 unspecified atom stereocenters. The van der Waals surface area contributed by atoms with E-state index >= 15 is 0 Å². The Hall–Kier alpha value is -5.07. The Kier molecular flexibility index (Phi) is 8.85. The molecule has 0 saturated heterocycles. The van der Waals surface area contributed by atoms with Crippen molar-refractivity contribution in [3.05, 3.63) is 107 Å². The summed E-state index contributed by atoms with van der Waals surface area (Å²) in [5.74, 6) is -0.0117. The van der Waals surface area contributed by atoms with Crippen LogP contribution in [0.5, 0.6) is 5.75 Å². The molecule has 0 fully saturated rings. The van der Waals surface area contributed by atoms with Gasteiger partial charge in [-0.2, -0.15) is 0 Å². The highest BCUT2D eigenvalue weighted by Gasteiger charge is 2.24. The molecule has 2 aromatic heterocycles. The van der Waals surface area contributed by atoms with Gasteiger partial charge in [-0.25, -0.2) is 18.5 Å². The molecule has 12 nitrogen and oxygen atoms in total. The fourth-order valence-corrected chi connectivity index (χ4v) is 4.59. The van der Waals surface area contributed by atoms with Crippen molar-refractivity contribution in [1.29, 1.82) is 0 Å². The van der Waals surface area contributed by atoms with Gasteiger partial charge >= 0.3 is 5.91 Å². The number of pyridine rings is 1. The molecule has 3 aromatic carbocycles. The highest BCUT2D eigenvalue weighted by molar-refractivity contribution is 7.81. The number of benzene rings is 3. The van der Waals surface area contributed by atoms with E-state index in [9.17, 15) is 13.6 Å². The summed E-state index contributed by atoms with van der Waals surface area (Å²) in [7, 11) is 1.52. The molecule has 0 saturated carbocycles. The summed E-state index contributed by atoms with van der Waals surface area (Å²) in [6.07, 6.45) is 3.25. The highest BCUT2D eigenvalue weighted by Crippen LogP contribution is 2.36. The third-order valence-electron chi connectivity index (χ3n) is 5.86. The molecular weight excluding hydrogens is 580 g/mol. The van der Waals surface area contributed by atoms with E-state index in [1.165, 1.54) is 19.2 Å². The van der Waals surface area contributed by atoms with Crippen LogP contribution in [-0.2, 0) is 17.8 Å². The van der Waals surface area contributed by atoms with Crippen LogP contribution in [0.4, 0.5) is 23.0 Å². The molecule has 0 radical (unpaired) electrons. The van der Waals surface area contributed by atoms with E-state index in [-0.39, 0.29) is 29.4 Å².